The number of morpholine rings is 1. The highest BCUT2D eigenvalue weighted by molar-refractivity contribution is 7.99. The van der Waals surface area contributed by atoms with Gasteiger partial charge >= 0.3 is 0 Å². The zero-order valence-corrected chi connectivity index (χ0v) is 13.9. The van der Waals surface area contributed by atoms with Gasteiger partial charge in [0.25, 0.3) is 0 Å². The Hall–Kier alpha value is -0.220. The van der Waals surface area contributed by atoms with Crippen LogP contribution in [0.2, 0.25) is 5.02 Å². The quantitative estimate of drug-likeness (QED) is 0.573. The maximum atomic E-state index is 5.88. The van der Waals surface area contributed by atoms with Crippen LogP contribution in [-0.2, 0) is 4.74 Å². The maximum absolute atomic E-state index is 5.88. The van der Waals surface area contributed by atoms with E-state index in [2.05, 4.69) is 30.9 Å². The average molecular weight is 314 g/mol. The topological polar surface area (TPSA) is 12.5 Å². The molecule has 2 rings (SSSR count). The van der Waals surface area contributed by atoms with Crippen molar-refractivity contribution in [3.05, 3.63) is 29.3 Å². The average Bonchev–Trinajstić information content (AvgIpc) is 2.39. The lowest BCUT2D eigenvalue weighted by Gasteiger charge is -2.35. The monoisotopic (exact) mass is 313 g/mol. The lowest BCUT2D eigenvalue weighted by Crippen LogP contribution is -2.45. The summed E-state index contributed by atoms with van der Waals surface area (Å²) >= 11 is 7.79. The molecule has 1 aromatic rings. The van der Waals surface area contributed by atoms with E-state index in [1.54, 1.807) is 0 Å². The molecule has 0 spiro atoms. The van der Waals surface area contributed by atoms with E-state index in [-0.39, 0.29) is 0 Å². The second-order valence-corrected chi connectivity index (χ2v) is 7.13. The van der Waals surface area contributed by atoms with Crippen molar-refractivity contribution < 1.29 is 4.74 Å². The smallest absolute Gasteiger partial charge is 0.0678 e. The van der Waals surface area contributed by atoms with Gasteiger partial charge in [-0.15, -0.1) is 11.8 Å². The third-order valence-electron chi connectivity index (χ3n) is 3.45. The largest absolute Gasteiger partial charge is 0.373 e. The number of hydrogen-bond donors (Lipinski definition) is 0. The van der Waals surface area contributed by atoms with Gasteiger partial charge in [0.15, 0.2) is 0 Å². The molecular formula is C16H24ClNOS. The number of thioether (sulfide) groups is 1. The molecule has 0 N–H and O–H groups in total. The van der Waals surface area contributed by atoms with E-state index in [1.807, 2.05) is 23.9 Å². The van der Waals surface area contributed by atoms with Gasteiger partial charge in [0.1, 0.15) is 0 Å². The molecule has 0 saturated carbocycles. The Balaban J connectivity index is 1.58. The fourth-order valence-corrected chi connectivity index (χ4v) is 3.66. The number of nitrogens with zero attached hydrogens (tertiary/aromatic N) is 1. The highest BCUT2D eigenvalue weighted by Crippen LogP contribution is 2.21. The first-order valence-corrected chi connectivity index (χ1v) is 8.76. The van der Waals surface area contributed by atoms with Crippen molar-refractivity contribution in [2.24, 2.45) is 0 Å². The van der Waals surface area contributed by atoms with E-state index in [0.717, 1.165) is 18.1 Å². The molecule has 1 heterocycles. The molecule has 1 aliphatic rings. The molecular weight excluding hydrogens is 290 g/mol. The van der Waals surface area contributed by atoms with Crippen LogP contribution < -0.4 is 0 Å². The second-order valence-electron chi connectivity index (χ2n) is 5.53. The van der Waals surface area contributed by atoms with E-state index in [9.17, 15) is 0 Å². The molecule has 0 bridgehead atoms. The third kappa shape index (κ3) is 5.65. The Bertz CT molecular complexity index is 388. The Morgan fingerprint density at radius 2 is 1.80 bits per heavy atom. The third-order valence-corrected chi connectivity index (χ3v) is 4.80. The summed E-state index contributed by atoms with van der Waals surface area (Å²) in [5, 5.41) is 0.810. The van der Waals surface area contributed by atoms with Crippen LogP contribution in [0, 0.1) is 0 Å². The maximum Gasteiger partial charge on any atom is 0.0678 e. The Morgan fingerprint density at radius 1 is 1.15 bits per heavy atom. The molecule has 0 amide bonds. The molecule has 0 unspecified atom stereocenters. The van der Waals surface area contributed by atoms with Gasteiger partial charge in [-0.1, -0.05) is 11.6 Å². The van der Waals surface area contributed by atoms with Crippen LogP contribution >= 0.6 is 23.4 Å². The van der Waals surface area contributed by atoms with Crippen molar-refractivity contribution in [2.45, 2.75) is 43.8 Å². The van der Waals surface area contributed by atoms with E-state index >= 15 is 0 Å². The minimum absolute atomic E-state index is 0.377. The van der Waals surface area contributed by atoms with Crippen LogP contribution in [0.5, 0.6) is 0 Å². The molecule has 112 valence electrons. The SMILES string of the molecule is C[C@@H]1CN(CCCCSc2ccc(Cl)cc2)C[C@@H](C)O1. The van der Waals surface area contributed by atoms with Crippen molar-refractivity contribution in [3.63, 3.8) is 0 Å². The molecule has 1 saturated heterocycles. The normalized spacial score (nSPS) is 23.9. The summed E-state index contributed by atoms with van der Waals surface area (Å²) in [7, 11) is 0. The Morgan fingerprint density at radius 3 is 2.45 bits per heavy atom. The fraction of sp³-hybridized carbons (Fsp3) is 0.625. The van der Waals surface area contributed by atoms with Crippen molar-refractivity contribution in [1.82, 2.24) is 4.90 Å². The van der Waals surface area contributed by atoms with Gasteiger partial charge in [-0.05, 0) is 63.3 Å². The molecule has 2 nitrogen and oxygen atoms in total. The van der Waals surface area contributed by atoms with Crippen LogP contribution in [0.1, 0.15) is 26.7 Å². The van der Waals surface area contributed by atoms with Gasteiger partial charge in [0.05, 0.1) is 12.2 Å². The summed E-state index contributed by atoms with van der Waals surface area (Å²) in [4.78, 5) is 3.84. The number of halogens is 1. The van der Waals surface area contributed by atoms with E-state index < -0.39 is 0 Å². The van der Waals surface area contributed by atoms with Gasteiger partial charge < -0.3 is 4.74 Å². The van der Waals surface area contributed by atoms with Gasteiger partial charge in [0, 0.05) is 23.0 Å². The van der Waals surface area contributed by atoms with Crippen molar-refractivity contribution in [3.8, 4) is 0 Å². The predicted octanol–water partition coefficient (Wildman–Crippen LogP) is 4.32. The fourth-order valence-electron chi connectivity index (χ4n) is 2.63. The summed E-state index contributed by atoms with van der Waals surface area (Å²) in [6, 6.07) is 8.11. The lowest BCUT2D eigenvalue weighted by molar-refractivity contribution is -0.0680. The van der Waals surface area contributed by atoms with Crippen molar-refractivity contribution >= 4 is 23.4 Å². The molecule has 1 aliphatic heterocycles. The van der Waals surface area contributed by atoms with E-state index in [0.29, 0.717) is 12.2 Å². The minimum Gasteiger partial charge on any atom is -0.373 e. The van der Waals surface area contributed by atoms with Crippen LogP contribution in [0.15, 0.2) is 29.2 Å². The molecule has 4 heteroatoms. The molecule has 0 radical (unpaired) electrons. The lowest BCUT2D eigenvalue weighted by atomic mass is 10.2. The second kappa shape index (κ2) is 8.28. The van der Waals surface area contributed by atoms with Crippen LogP contribution in [0.3, 0.4) is 0 Å². The van der Waals surface area contributed by atoms with E-state index in [4.69, 9.17) is 16.3 Å². The number of ether oxygens (including phenoxy) is 1. The van der Waals surface area contributed by atoms with E-state index in [1.165, 1.54) is 30.0 Å². The molecule has 0 aromatic heterocycles. The number of unbranched alkanes of at least 4 members (excludes halogenated alkanes) is 1. The predicted molar refractivity (Wildman–Crippen MR) is 87.9 cm³/mol. The van der Waals surface area contributed by atoms with Crippen LogP contribution in [0.25, 0.3) is 0 Å². The highest BCUT2D eigenvalue weighted by atomic mass is 35.5. The summed E-state index contributed by atoms with van der Waals surface area (Å²) in [5.74, 6) is 1.18. The Labute approximate surface area is 131 Å². The minimum atomic E-state index is 0.377. The summed E-state index contributed by atoms with van der Waals surface area (Å²) in [5.41, 5.74) is 0. The molecule has 0 aliphatic carbocycles. The number of benzene rings is 1. The first-order valence-electron chi connectivity index (χ1n) is 7.39. The summed E-state index contributed by atoms with van der Waals surface area (Å²) in [6.45, 7) is 7.68. The molecule has 2 atom stereocenters. The highest BCUT2D eigenvalue weighted by Gasteiger charge is 2.21. The number of hydrogen-bond acceptors (Lipinski definition) is 3. The van der Waals surface area contributed by atoms with Gasteiger partial charge in [0.2, 0.25) is 0 Å². The summed E-state index contributed by atoms with van der Waals surface area (Å²) in [6.07, 6.45) is 3.28. The first-order chi connectivity index (χ1) is 9.63. The molecule has 20 heavy (non-hydrogen) atoms. The zero-order valence-electron chi connectivity index (χ0n) is 12.3. The molecule has 1 aromatic carbocycles. The first kappa shape index (κ1) is 16.2. The van der Waals surface area contributed by atoms with Gasteiger partial charge in [-0.3, -0.25) is 4.90 Å². The van der Waals surface area contributed by atoms with Crippen LogP contribution in [-0.4, -0.2) is 42.5 Å². The standard InChI is InChI=1S/C16H24ClNOS/c1-13-11-18(12-14(2)19-13)9-3-4-10-20-16-7-5-15(17)6-8-16/h5-8,13-14H,3-4,9-12H2,1-2H3/t13-,14-/m1/s1. The van der Waals surface area contributed by atoms with Gasteiger partial charge in [-0.2, -0.15) is 0 Å². The Kier molecular flexibility index (Phi) is 6.69. The zero-order chi connectivity index (χ0) is 14.4. The summed E-state index contributed by atoms with van der Waals surface area (Å²) < 4.78 is 5.75. The van der Waals surface area contributed by atoms with Gasteiger partial charge in [-0.25, -0.2) is 0 Å². The van der Waals surface area contributed by atoms with Crippen LogP contribution in [0.4, 0.5) is 0 Å². The molecule has 1 fully saturated rings. The number of rotatable bonds is 6. The van der Waals surface area contributed by atoms with Crippen molar-refractivity contribution in [1.29, 1.82) is 0 Å². The van der Waals surface area contributed by atoms with Crippen molar-refractivity contribution in [2.75, 3.05) is 25.4 Å².